The van der Waals surface area contributed by atoms with Crippen molar-refractivity contribution in [1.29, 1.82) is 0 Å². The normalized spacial score (nSPS) is 10.8. The van der Waals surface area contributed by atoms with Crippen LogP contribution in [0.1, 0.15) is 16.1 Å². The highest BCUT2D eigenvalue weighted by molar-refractivity contribution is 7.22. The molecule has 142 valence electrons. The molecule has 0 aliphatic rings. The number of anilines is 1. The zero-order valence-electron chi connectivity index (χ0n) is 15.5. The number of ether oxygens (including phenoxy) is 2. The topological polar surface area (TPSA) is 73.3 Å². The zero-order chi connectivity index (χ0) is 19.7. The van der Waals surface area contributed by atoms with E-state index in [1.54, 1.807) is 19.6 Å². The summed E-state index contributed by atoms with van der Waals surface area (Å²) in [5.41, 5.74) is 3.20. The molecule has 0 aliphatic carbocycles. The smallest absolute Gasteiger partial charge is 0.276 e. The molecule has 0 atom stereocenters. The number of fused-ring (bicyclic) bond motifs is 1. The Hall–Kier alpha value is -2.97. The van der Waals surface area contributed by atoms with E-state index in [2.05, 4.69) is 15.3 Å². The summed E-state index contributed by atoms with van der Waals surface area (Å²) in [5.74, 6) is 0.984. The van der Waals surface area contributed by atoms with Crippen LogP contribution in [0.3, 0.4) is 0 Å². The number of methoxy groups -OCH3 is 2. The van der Waals surface area contributed by atoms with Gasteiger partial charge in [-0.1, -0.05) is 23.5 Å². The van der Waals surface area contributed by atoms with Gasteiger partial charge in [0.1, 0.15) is 10.7 Å². The average molecular weight is 412 g/mol. The molecule has 1 amide bonds. The second-order valence-electron chi connectivity index (χ2n) is 6.00. The summed E-state index contributed by atoms with van der Waals surface area (Å²) in [6.45, 7) is 2.00. The molecule has 1 N–H and O–H groups in total. The van der Waals surface area contributed by atoms with Crippen molar-refractivity contribution in [3.63, 3.8) is 0 Å². The molecule has 8 heteroatoms. The Morgan fingerprint density at radius 1 is 1.07 bits per heavy atom. The van der Waals surface area contributed by atoms with Crippen LogP contribution in [0.25, 0.3) is 20.8 Å². The van der Waals surface area contributed by atoms with E-state index < -0.39 is 0 Å². The summed E-state index contributed by atoms with van der Waals surface area (Å²) in [6.07, 6.45) is 0. The number of para-hydroxylation sites is 1. The van der Waals surface area contributed by atoms with E-state index in [0.717, 1.165) is 26.4 Å². The highest BCUT2D eigenvalue weighted by Crippen LogP contribution is 2.34. The Labute approximate surface area is 169 Å². The van der Waals surface area contributed by atoms with Crippen molar-refractivity contribution in [2.45, 2.75) is 6.92 Å². The third kappa shape index (κ3) is 3.44. The number of aromatic nitrogens is 2. The van der Waals surface area contributed by atoms with Crippen LogP contribution in [0.2, 0.25) is 0 Å². The highest BCUT2D eigenvalue weighted by Gasteiger charge is 2.16. The van der Waals surface area contributed by atoms with E-state index in [9.17, 15) is 4.79 Å². The van der Waals surface area contributed by atoms with Crippen molar-refractivity contribution in [2.75, 3.05) is 19.5 Å². The third-order valence-electron chi connectivity index (χ3n) is 4.21. The molecular weight excluding hydrogens is 394 g/mol. The molecule has 6 nitrogen and oxygen atoms in total. The van der Waals surface area contributed by atoms with Crippen molar-refractivity contribution >= 4 is 43.9 Å². The second kappa shape index (κ2) is 7.57. The van der Waals surface area contributed by atoms with Crippen molar-refractivity contribution in [3.8, 4) is 22.1 Å². The Balaban J connectivity index is 1.56. The van der Waals surface area contributed by atoms with E-state index in [1.807, 2.05) is 43.3 Å². The van der Waals surface area contributed by atoms with Gasteiger partial charge in [0.25, 0.3) is 5.91 Å². The minimum atomic E-state index is -0.278. The number of nitrogens with one attached hydrogen (secondary N) is 1. The van der Waals surface area contributed by atoms with Crippen molar-refractivity contribution in [2.24, 2.45) is 0 Å². The van der Waals surface area contributed by atoms with Crippen molar-refractivity contribution in [3.05, 3.63) is 53.0 Å². The fraction of sp³-hybridized carbons (Fsp3) is 0.150. The maximum absolute atomic E-state index is 12.6. The third-order valence-corrected chi connectivity index (χ3v) is 6.04. The first-order valence-electron chi connectivity index (χ1n) is 8.44. The van der Waals surface area contributed by atoms with Crippen molar-refractivity contribution < 1.29 is 14.3 Å². The van der Waals surface area contributed by atoms with Gasteiger partial charge in [0.05, 0.1) is 24.4 Å². The number of carbonyl (C=O) groups excluding carboxylic acids is 1. The number of carbonyl (C=O) groups is 1. The van der Waals surface area contributed by atoms with Crippen LogP contribution >= 0.6 is 22.7 Å². The Morgan fingerprint density at radius 2 is 1.89 bits per heavy atom. The molecule has 0 saturated carbocycles. The zero-order valence-corrected chi connectivity index (χ0v) is 17.1. The number of thiazole rings is 2. The van der Waals surface area contributed by atoms with Crippen LogP contribution in [0.15, 0.2) is 41.8 Å². The number of hydrogen-bond acceptors (Lipinski definition) is 7. The predicted molar refractivity (Wildman–Crippen MR) is 113 cm³/mol. The molecule has 0 unspecified atom stereocenters. The maximum Gasteiger partial charge on any atom is 0.276 e. The van der Waals surface area contributed by atoms with E-state index in [1.165, 1.54) is 22.7 Å². The molecule has 2 aromatic carbocycles. The van der Waals surface area contributed by atoms with Crippen LogP contribution < -0.4 is 14.8 Å². The fourth-order valence-corrected chi connectivity index (χ4v) is 4.52. The number of rotatable bonds is 5. The SMILES string of the molecule is COc1ccc(-c2nc(C(=O)Nc3nc4c(C)cccc4s3)cs2)cc1OC. The molecule has 4 aromatic rings. The van der Waals surface area contributed by atoms with Crippen molar-refractivity contribution in [1.82, 2.24) is 9.97 Å². The van der Waals surface area contributed by atoms with Gasteiger partial charge in [-0.3, -0.25) is 10.1 Å². The fourth-order valence-electron chi connectivity index (χ4n) is 2.78. The Morgan fingerprint density at radius 3 is 2.64 bits per heavy atom. The number of hydrogen-bond donors (Lipinski definition) is 1. The Bertz CT molecular complexity index is 1170. The lowest BCUT2D eigenvalue weighted by molar-refractivity contribution is 0.102. The lowest BCUT2D eigenvalue weighted by Crippen LogP contribution is -2.12. The first kappa shape index (κ1) is 18.4. The molecule has 0 bridgehead atoms. The van der Waals surface area contributed by atoms with Crippen LogP contribution in [0.4, 0.5) is 5.13 Å². The average Bonchev–Trinajstić information content (AvgIpc) is 3.35. The monoisotopic (exact) mass is 411 g/mol. The quantitative estimate of drug-likeness (QED) is 0.500. The molecular formula is C20H17N3O3S2. The second-order valence-corrected chi connectivity index (χ2v) is 7.89. The first-order chi connectivity index (χ1) is 13.6. The van der Waals surface area contributed by atoms with Gasteiger partial charge in [0, 0.05) is 10.9 Å². The van der Waals surface area contributed by atoms with Crippen LogP contribution in [-0.4, -0.2) is 30.1 Å². The van der Waals surface area contributed by atoms with E-state index >= 15 is 0 Å². The lowest BCUT2D eigenvalue weighted by Gasteiger charge is -2.08. The molecule has 2 aromatic heterocycles. The first-order valence-corrected chi connectivity index (χ1v) is 10.1. The lowest BCUT2D eigenvalue weighted by atomic mass is 10.2. The minimum Gasteiger partial charge on any atom is -0.493 e. The number of nitrogens with zero attached hydrogens (tertiary/aromatic N) is 2. The summed E-state index contributed by atoms with van der Waals surface area (Å²) in [7, 11) is 3.18. The molecule has 0 spiro atoms. The summed E-state index contributed by atoms with van der Waals surface area (Å²) >= 11 is 2.85. The minimum absolute atomic E-state index is 0.278. The summed E-state index contributed by atoms with van der Waals surface area (Å²) < 4.78 is 11.6. The summed E-state index contributed by atoms with van der Waals surface area (Å²) in [5, 5.41) is 5.88. The van der Waals surface area contributed by atoms with Gasteiger partial charge in [0.2, 0.25) is 0 Å². The molecule has 4 rings (SSSR count). The molecule has 0 fully saturated rings. The predicted octanol–water partition coefficient (Wildman–Crippen LogP) is 5.00. The van der Waals surface area contributed by atoms with Crippen LogP contribution in [0.5, 0.6) is 11.5 Å². The van der Waals surface area contributed by atoms with Gasteiger partial charge in [-0.2, -0.15) is 0 Å². The summed E-state index contributed by atoms with van der Waals surface area (Å²) in [4.78, 5) is 21.6. The van der Waals surface area contributed by atoms with Crippen LogP contribution in [-0.2, 0) is 0 Å². The number of aryl methyl sites for hydroxylation is 1. The van der Waals surface area contributed by atoms with Gasteiger partial charge >= 0.3 is 0 Å². The summed E-state index contributed by atoms with van der Waals surface area (Å²) in [6, 6.07) is 11.5. The highest BCUT2D eigenvalue weighted by atomic mass is 32.1. The molecule has 0 radical (unpaired) electrons. The van der Waals surface area contributed by atoms with Gasteiger partial charge in [0.15, 0.2) is 16.6 Å². The van der Waals surface area contributed by atoms with E-state index in [4.69, 9.17) is 9.47 Å². The molecule has 28 heavy (non-hydrogen) atoms. The number of amides is 1. The van der Waals surface area contributed by atoms with Gasteiger partial charge < -0.3 is 9.47 Å². The van der Waals surface area contributed by atoms with Gasteiger partial charge in [-0.15, -0.1) is 11.3 Å². The van der Waals surface area contributed by atoms with E-state index in [0.29, 0.717) is 22.3 Å². The van der Waals surface area contributed by atoms with E-state index in [-0.39, 0.29) is 5.91 Å². The Kier molecular flexibility index (Phi) is 4.97. The molecule has 0 saturated heterocycles. The molecule has 0 aliphatic heterocycles. The maximum atomic E-state index is 12.6. The van der Waals surface area contributed by atoms with Gasteiger partial charge in [-0.25, -0.2) is 9.97 Å². The van der Waals surface area contributed by atoms with Crippen LogP contribution in [0, 0.1) is 6.92 Å². The molecule has 2 heterocycles. The largest absolute Gasteiger partial charge is 0.493 e. The number of benzene rings is 2. The standard InChI is InChI=1S/C20H17N3O3S2/c1-11-5-4-6-16-17(11)22-20(28-16)23-18(24)13-10-27-19(21-13)12-7-8-14(25-2)15(9-12)26-3/h4-10H,1-3H3,(H,22,23,24). The van der Waals surface area contributed by atoms with Gasteiger partial charge in [-0.05, 0) is 36.8 Å².